The fourth-order valence-electron chi connectivity index (χ4n) is 3.02. The summed E-state index contributed by atoms with van der Waals surface area (Å²) in [5.41, 5.74) is 7.23. The van der Waals surface area contributed by atoms with Crippen molar-refractivity contribution in [3.8, 4) is 42.7 Å². The first kappa shape index (κ1) is 44.7. The second-order valence-electron chi connectivity index (χ2n) is 8.40. The number of nitrogens with two attached hydrogens (primary N) is 1. The first-order chi connectivity index (χ1) is 20.2. The van der Waals surface area contributed by atoms with Gasteiger partial charge in [0, 0.05) is 37.0 Å². The van der Waals surface area contributed by atoms with E-state index in [9.17, 15) is 4.79 Å². The third-order valence-corrected chi connectivity index (χ3v) is 4.58. The average molecular weight is 580 g/mol. The fourth-order valence-corrected chi connectivity index (χ4v) is 3.02. The van der Waals surface area contributed by atoms with Crippen LogP contribution >= 0.6 is 0 Å². The highest BCUT2D eigenvalue weighted by molar-refractivity contribution is 5.82. The average Bonchev–Trinajstić information content (AvgIpc) is 3.48. The number of aliphatic hydroxyl groups excluding tert-OH is 1. The number of benzene rings is 2. The van der Waals surface area contributed by atoms with E-state index in [1.54, 1.807) is 12.0 Å². The number of amides is 2. The number of β-amino-alcohol motifs (C(OH)–C–C–N with tert-alkyl or cyclic N) is 1. The normalized spacial score (nSPS) is 11.8. The van der Waals surface area contributed by atoms with Crippen LogP contribution in [-0.4, -0.2) is 53.6 Å². The maximum absolute atomic E-state index is 10.6. The van der Waals surface area contributed by atoms with Crippen LogP contribution in [0.4, 0.5) is 0 Å². The smallest absolute Gasteiger partial charge is 0.219 e. The van der Waals surface area contributed by atoms with Crippen LogP contribution in [0, 0.1) is 31.6 Å². The lowest BCUT2D eigenvalue weighted by Crippen LogP contribution is -2.26. The third-order valence-electron chi connectivity index (χ3n) is 4.58. The molecule has 2 aromatic carbocycles. The predicted octanol–water partition coefficient (Wildman–Crippen LogP) is 6.82. The van der Waals surface area contributed by atoms with Crippen molar-refractivity contribution in [2.45, 2.75) is 67.9 Å². The van der Waals surface area contributed by atoms with Crippen LogP contribution in [-0.2, 0) is 9.59 Å². The number of carbonyl (C=O) groups is 2. The number of carbonyl (C=O) groups excluding carboxylic acids is 2. The van der Waals surface area contributed by atoms with Crippen LogP contribution in [0.3, 0.4) is 0 Å². The van der Waals surface area contributed by atoms with Gasteiger partial charge in [-0.15, -0.1) is 25.7 Å². The topological polar surface area (TPSA) is 106 Å². The van der Waals surface area contributed by atoms with E-state index in [2.05, 4.69) is 75.4 Å². The Bertz CT molecular complexity index is 1090. The Morgan fingerprint density at radius 1 is 1.00 bits per heavy atom. The number of methoxy groups -OCH3 is 1. The molecule has 1 aromatic heterocycles. The molecule has 0 unspecified atom stereocenters. The maximum atomic E-state index is 10.6. The van der Waals surface area contributed by atoms with Gasteiger partial charge in [-0.3, -0.25) is 9.59 Å². The Balaban J connectivity index is -0.000000254. The summed E-state index contributed by atoms with van der Waals surface area (Å²) in [7, 11) is 1.67. The number of nitrogens with zero attached hydrogens (tertiary/aromatic N) is 2. The van der Waals surface area contributed by atoms with Crippen molar-refractivity contribution in [3.63, 3.8) is 0 Å². The highest BCUT2D eigenvalue weighted by Gasteiger charge is 2.21. The SMILES string of the molecule is C#C.C#C.CC.CC.CC(=O)N1CC[C@@H](O)C1.CC(C)C.COc1ccc2ccc(-c3ccccc3)nc2c1.NC=O. The lowest BCUT2D eigenvalue weighted by molar-refractivity contribution is -0.128. The molecule has 0 aliphatic carbocycles. The van der Waals surface area contributed by atoms with Crippen LogP contribution in [0.2, 0.25) is 0 Å². The lowest BCUT2D eigenvalue weighted by Gasteiger charge is -2.10. The van der Waals surface area contributed by atoms with Gasteiger partial charge in [0.2, 0.25) is 12.3 Å². The van der Waals surface area contributed by atoms with Crippen molar-refractivity contribution < 1.29 is 19.4 Å². The molecule has 1 aliphatic rings. The molecule has 4 rings (SSSR count). The van der Waals surface area contributed by atoms with Gasteiger partial charge in [-0.2, -0.15) is 0 Å². The molecule has 0 radical (unpaired) electrons. The minimum absolute atomic E-state index is 0.0616. The van der Waals surface area contributed by atoms with Crippen LogP contribution in [0.25, 0.3) is 22.2 Å². The van der Waals surface area contributed by atoms with E-state index >= 15 is 0 Å². The first-order valence-corrected chi connectivity index (χ1v) is 14.0. The molecule has 3 N–H and O–H groups in total. The fraction of sp³-hybridized carbons (Fsp3) is 0.400. The molecule has 2 heterocycles. The maximum Gasteiger partial charge on any atom is 0.219 e. The molecule has 232 valence electrons. The van der Waals surface area contributed by atoms with Crippen LogP contribution in [0.5, 0.6) is 5.75 Å². The second-order valence-corrected chi connectivity index (χ2v) is 8.40. The molecule has 0 bridgehead atoms. The standard InChI is InChI=1S/C16H13NO.C6H11NO2.C4H10.2C2H6.2C2H2.CH3NO/c1-18-14-9-7-13-8-10-15(17-16(13)11-14)12-5-3-2-4-6-12;1-5(8)7-3-2-6(9)4-7;1-4(2)3;4*1-2;2-1-3/h2-11H,1H3;6,9H,2-4H2,1H3;4H,1-3H3;2*1-2H3;2*1-2H;1H,(H2,2,3)/t;6-;;;;;;/m.1....../s1. The van der Waals surface area contributed by atoms with E-state index in [4.69, 9.17) is 14.6 Å². The molecule has 1 fully saturated rings. The molecule has 42 heavy (non-hydrogen) atoms. The zero-order valence-electron chi connectivity index (χ0n) is 27.1. The number of likely N-dealkylation sites (tertiary alicyclic amines) is 1. The summed E-state index contributed by atoms with van der Waals surface area (Å²) in [6.07, 6.45) is 16.7. The van der Waals surface area contributed by atoms with Crippen molar-refractivity contribution in [2.24, 2.45) is 11.7 Å². The van der Waals surface area contributed by atoms with Crippen LogP contribution in [0.15, 0.2) is 60.7 Å². The number of pyridine rings is 1. The van der Waals surface area contributed by atoms with Crippen molar-refractivity contribution in [3.05, 3.63) is 60.7 Å². The number of terminal acetylenes is 2. The number of hydrogen-bond acceptors (Lipinski definition) is 5. The summed E-state index contributed by atoms with van der Waals surface area (Å²) in [5.74, 6) is 1.73. The quantitative estimate of drug-likeness (QED) is 0.256. The summed E-state index contributed by atoms with van der Waals surface area (Å²) in [6, 6.07) is 20.2. The first-order valence-electron chi connectivity index (χ1n) is 14.0. The minimum atomic E-state index is -0.283. The van der Waals surface area contributed by atoms with Gasteiger partial charge in [0.15, 0.2) is 0 Å². The Kier molecular flexibility index (Phi) is 33.2. The monoisotopic (exact) mass is 579 g/mol. The summed E-state index contributed by atoms with van der Waals surface area (Å²) < 4.78 is 5.23. The number of rotatable bonds is 2. The number of hydrogen-bond donors (Lipinski definition) is 2. The summed E-state index contributed by atoms with van der Waals surface area (Å²) in [4.78, 5) is 25.5. The molecule has 1 atom stereocenters. The number of aliphatic hydroxyl groups is 1. The summed E-state index contributed by atoms with van der Waals surface area (Å²) in [6.45, 7) is 17.3. The van der Waals surface area contributed by atoms with Crippen molar-refractivity contribution in [1.82, 2.24) is 9.88 Å². The van der Waals surface area contributed by atoms with Gasteiger partial charge in [-0.25, -0.2) is 4.98 Å². The Hall–Kier alpha value is -4.33. The molecule has 7 heteroatoms. The molecule has 3 aromatic rings. The van der Waals surface area contributed by atoms with E-state index in [0.717, 1.165) is 46.8 Å². The van der Waals surface area contributed by atoms with Crippen molar-refractivity contribution >= 4 is 23.2 Å². The van der Waals surface area contributed by atoms with Gasteiger partial charge in [-0.05, 0) is 30.5 Å². The molecule has 7 nitrogen and oxygen atoms in total. The highest BCUT2D eigenvalue weighted by Crippen LogP contribution is 2.23. The van der Waals surface area contributed by atoms with Crippen LogP contribution < -0.4 is 10.5 Å². The van der Waals surface area contributed by atoms with Gasteiger partial charge in [0.05, 0.1) is 24.4 Å². The van der Waals surface area contributed by atoms with E-state index in [1.165, 1.54) is 6.92 Å². The third kappa shape index (κ3) is 21.5. The number of ether oxygens (including phenoxy) is 1. The number of aromatic nitrogens is 1. The molecule has 1 aliphatic heterocycles. The largest absolute Gasteiger partial charge is 0.497 e. The molecular formula is C35H53N3O4. The van der Waals surface area contributed by atoms with Gasteiger partial charge in [0.25, 0.3) is 0 Å². The van der Waals surface area contributed by atoms with E-state index in [0.29, 0.717) is 6.54 Å². The van der Waals surface area contributed by atoms with Gasteiger partial charge >= 0.3 is 0 Å². The van der Waals surface area contributed by atoms with Gasteiger partial charge in [-0.1, -0.05) is 84.9 Å². The summed E-state index contributed by atoms with van der Waals surface area (Å²) in [5, 5.41) is 10.1. The second kappa shape index (κ2) is 31.2. The van der Waals surface area contributed by atoms with Crippen molar-refractivity contribution in [1.29, 1.82) is 0 Å². The molecule has 1 saturated heterocycles. The Morgan fingerprint density at radius 3 is 1.86 bits per heavy atom. The van der Waals surface area contributed by atoms with Gasteiger partial charge in [0.1, 0.15) is 5.75 Å². The predicted molar refractivity (Wildman–Crippen MR) is 180 cm³/mol. The minimum Gasteiger partial charge on any atom is -0.497 e. The zero-order valence-corrected chi connectivity index (χ0v) is 27.1. The highest BCUT2D eigenvalue weighted by atomic mass is 16.5. The number of fused-ring (bicyclic) bond motifs is 1. The molecule has 0 spiro atoms. The zero-order chi connectivity index (χ0) is 33.5. The van der Waals surface area contributed by atoms with Crippen molar-refractivity contribution in [2.75, 3.05) is 20.2 Å². The Labute approximate surface area is 255 Å². The van der Waals surface area contributed by atoms with Crippen LogP contribution in [0.1, 0.15) is 61.8 Å². The van der Waals surface area contributed by atoms with Gasteiger partial charge < -0.3 is 20.5 Å². The van der Waals surface area contributed by atoms with E-state index < -0.39 is 0 Å². The number of primary amides is 1. The summed E-state index contributed by atoms with van der Waals surface area (Å²) >= 11 is 0. The lowest BCUT2D eigenvalue weighted by atomic mass is 10.1. The van der Waals surface area contributed by atoms with E-state index in [-0.39, 0.29) is 18.4 Å². The molecule has 2 amide bonds. The molecule has 0 saturated carbocycles. The molecular weight excluding hydrogens is 526 g/mol. The van der Waals surface area contributed by atoms with E-state index in [1.807, 2.05) is 70.2 Å². The Morgan fingerprint density at radius 2 is 1.48 bits per heavy atom.